The fourth-order valence-corrected chi connectivity index (χ4v) is 1.64. The Labute approximate surface area is 83.1 Å². The van der Waals surface area contributed by atoms with Gasteiger partial charge in [-0.3, -0.25) is 0 Å². The zero-order valence-corrected chi connectivity index (χ0v) is 8.60. The first-order valence-corrected chi connectivity index (χ1v) is 5.49. The summed E-state index contributed by atoms with van der Waals surface area (Å²) in [6, 6.07) is 4.04. The lowest BCUT2D eigenvalue weighted by molar-refractivity contribution is 0.683. The number of pyridine rings is 1. The predicted octanol–water partition coefficient (Wildman–Crippen LogP) is 0.852. The molecule has 4 heteroatoms. The average Bonchev–Trinajstić information content (AvgIpc) is 2.19. The molecule has 3 nitrogen and oxygen atoms in total. The van der Waals surface area contributed by atoms with Crippen molar-refractivity contribution >= 4 is 11.8 Å². The van der Waals surface area contributed by atoms with E-state index in [-0.39, 0.29) is 0 Å². The van der Waals surface area contributed by atoms with Crippen LogP contribution in [0.1, 0.15) is 5.56 Å². The smallest absolute Gasteiger partial charge is 0.100 e. The van der Waals surface area contributed by atoms with Crippen LogP contribution in [0.4, 0.5) is 0 Å². The van der Waals surface area contributed by atoms with Gasteiger partial charge in [-0.05, 0) is 17.9 Å². The quantitative estimate of drug-likeness (QED) is 0.543. The zero-order chi connectivity index (χ0) is 9.52. The van der Waals surface area contributed by atoms with Crippen molar-refractivity contribution in [2.24, 2.45) is 5.73 Å². The molecule has 0 aliphatic carbocycles. The molecular weight excluding hydrogens is 182 g/mol. The van der Waals surface area contributed by atoms with Crippen molar-refractivity contribution in [3.63, 3.8) is 0 Å². The van der Waals surface area contributed by atoms with Crippen molar-refractivity contribution in [1.29, 1.82) is 0 Å². The standard InChI is InChI=1S/C9H15N3S/c1-13-9-8(3-2-5-12-9)7-11-6-4-10/h2-3,5,11H,4,6-7,10H2,1H3. The van der Waals surface area contributed by atoms with E-state index >= 15 is 0 Å². The van der Waals surface area contributed by atoms with E-state index in [1.807, 2.05) is 18.5 Å². The fraction of sp³-hybridized carbons (Fsp3) is 0.444. The van der Waals surface area contributed by atoms with Crippen molar-refractivity contribution < 1.29 is 0 Å². The fourth-order valence-electron chi connectivity index (χ4n) is 1.07. The Hall–Kier alpha value is -0.580. The summed E-state index contributed by atoms with van der Waals surface area (Å²) in [6.45, 7) is 2.37. The van der Waals surface area contributed by atoms with E-state index in [1.165, 1.54) is 5.56 Å². The molecule has 1 rings (SSSR count). The van der Waals surface area contributed by atoms with E-state index in [9.17, 15) is 0 Å². The highest BCUT2D eigenvalue weighted by molar-refractivity contribution is 7.98. The van der Waals surface area contributed by atoms with Gasteiger partial charge in [0.25, 0.3) is 0 Å². The maximum Gasteiger partial charge on any atom is 0.100 e. The molecule has 0 saturated heterocycles. The van der Waals surface area contributed by atoms with Crippen molar-refractivity contribution in [2.75, 3.05) is 19.3 Å². The SMILES string of the molecule is CSc1ncccc1CNCCN. The molecular formula is C9H15N3S. The molecule has 3 N–H and O–H groups in total. The summed E-state index contributed by atoms with van der Waals surface area (Å²) in [5.74, 6) is 0. The van der Waals surface area contributed by atoms with Crippen molar-refractivity contribution in [3.8, 4) is 0 Å². The molecule has 1 aromatic heterocycles. The Bertz CT molecular complexity index is 252. The first-order chi connectivity index (χ1) is 6.38. The molecule has 0 saturated carbocycles. The minimum absolute atomic E-state index is 0.675. The minimum Gasteiger partial charge on any atom is -0.329 e. The number of hydrogen-bond donors (Lipinski definition) is 2. The van der Waals surface area contributed by atoms with Gasteiger partial charge < -0.3 is 11.1 Å². The number of hydrogen-bond acceptors (Lipinski definition) is 4. The maximum absolute atomic E-state index is 5.38. The summed E-state index contributed by atoms with van der Waals surface area (Å²) >= 11 is 1.67. The van der Waals surface area contributed by atoms with E-state index in [2.05, 4.69) is 16.4 Å². The van der Waals surface area contributed by atoms with Crippen molar-refractivity contribution in [3.05, 3.63) is 23.9 Å². The Kier molecular flexibility index (Phi) is 4.82. The van der Waals surface area contributed by atoms with Gasteiger partial charge in [-0.2, -0.15) is 0 Å². The first-order valence-electron chi connectivity index (χ1n) is 4.27. The third kappa shape index (κ3) is 3.34. The van der Waals surface area contributed by atoms with Crippen LogP contribution in [0.5, 0.6) is 0 Å². The second kappa shape index (κ2) is 5.96. The monoisotopic (exact) mass is 197 g/mol. The van der Waals surface area contributed by atoms with Gasteiger partial charge in [0.2, 0.25) is 0 Å². The molecule has 0 radical (unpaired) electrons. The summed E-state index contributed by atoms with van der Waals surface area (Å²) in [4.78, 5) is 4.27. The highest BCUT2D eigenvalue weighted by Crippen LogP contribution is 2.15. The lowest BCUT2D eigenvalue weighted by atomic mass is 10.3. The van der Waals surface area contributed by atoms with Gasteiger partial charge in [-0.1, -0.05) is 6.07 Å². The summed E-state index contributed by atoms with van der Waals surface area (Å²) in [6.07, 6.45) is 3.85. The lowest BCUT2D eigenvalue weighted by Gasteiger charge is -2.06. The number of thioether (sulfide) groups is 1. The topological polar surface area (TPSA) is 50.9 Å². The van der Waals surface area contributed by atoms with Crippen LogP contribution in [0.3, 0.4) is 0 Å². The Morgan fingerprint density at radius 2 is 2.46 bits per heavy atom. The molecule has 0 aliphatic rings. The molecule has 0 aliphatic heterocycles. The Balaban J connectivity index is 2.54. The first kappa shape index (κ1) is 10.5. The van der Waals surface area contributed by atoms with Crippen molar-refractivity contribution in [2.45, 2.75) is 11.6 Å². The molecule has 1 aromatic rings. The summed E-state index contributed by atoms with van der Waals surface area (Å²) < 4.78 is 0. The Morgan fingerprint density at radius 3 is 3.15 bits per heavy atom. The summed E-state index contributed by atoms with van der Waals surface area (Å²) in [5.41, 5.74) is 6.62. The van der Waals surface area contributed by atoms with Crippen LogP contribution in [0.25, 0.3) is 0 Å². The van der Waals surface area contributed by atoms with Crippen LogP contribution in [-0.4, -0.2) is 24.3 Å². The summed E-state index contributed by atoms with van der Waals surface area (Å²) in [7, 11) is 0. The van der Waals surface area contributed by atoms with Crippen LogP contribution in [0.15, 0.2) is 23.4 Å². The van der Waals surface area contributed by atoms with Gasteiger partial charge >= 0.3 is 0 Å². The van der Waals surface area contributed by atoms with Crippen LogP contribution >= 0.6 is 11.8 Å². The number of aromatic nitrogens is 1. The van der Waals surface area contributed by atoms with Gasteiger partial charge in [-0.15, -0.1) is 11.8 Å². The normalized spacial score (nSPS) is 10.3. The molecule has 0 atom stereocenters. The molecule has 0 spiro atoms. The van der Waals surface area contributed by atoms with E-state index in [4.69, 9.17) is 5.73 Å². The molecule has 0 unspecified atom stereocenters. The van der Waals surface area contributed by atoms with E-state index in [0.717, 1.165) is 18.1 Å². The molecule has 0 bridgehead atoms. The maximum atomic E-state index is 5.38. The van der Waals surface area contributed by atoms with Gasteiger partial charge in [0.1, 0.15) is 5.03 Å². The molecule has 0 aromatic carbocycles. The van der Waals surface area contributed by atoms with Crippen LogP contribution in [0.2, 0.25) is 0 Å². The van der Waals surface area contributed by atoms with E-state index in [1.54, 1.807) is 11.8 Å². The molecule has 0 amide bonds. The van der Waals surface area contributed by atoms with E-state index in [0.29, 0.717) is 6.54 Å². The number of nitrogens with two attached hydrogens (primary N) is 1. The zero-order valence-electron chi connectivity index (χ0n) is 7.79. The van der Waals surface area contributed by atoms with Gasteiger partial charge in [0.05, 0.1) is 0 Å². The average molecular weight is 197 g/mol. The van der Waals surface area contributed by atoms with Crippen LogP contribution in [-0.2, 0) is 6.54 Å². The highest BCUT2D eigenvalue weighted by atomic mass is 32.2. The highest BCUT2D eigenvalue weighted by Gasteiger charge is 1.99. The second-order valence-electron chi connectivity index (χ2n) is 2.64. The number of rotatable bonds is 5. The second-order valence-corrected chi connectivity index (χ2v) is 3.43. The predicted molar refractivity (Wildman–Crippen MR) is 56.8 cm³/mol. The molecule has 13 heavy (non-hydrogen) atoms. The van der Waals surface area contributed by atoms with Gasteiger partial charge in [0.15, 0.2) is 0 Å². The van der Waals surface area contributed by atoms with Gasteiger partial charge in [0, 0.05) is 25.8 Å². The minimum atomic E-state index is 0.675. The van der Waals surface area contributed by atoms with Gasteiger partial charge in [-0.25, -0.2) is 4.98 Å². The van der Waals surface area contributed by atoms with Crippen molar-refractivity contribution in [1.82, 2.24) is 10.3 Å². The van der Waals surface area contributed by atoms with E-state index < -0.39 is 0 Å². The Morgan fingerprint density at radius 1 is 1.62 bits per heavy atom. The summed E-state index contributed by atoms with van der Waals surface area (Å²) in [5, 5.41) is 4.34. The molecule has 72 valence electrons. The molecule has 0 fully saturated rings. The third-order valence-corrected chi connectivity index (χ3v) is 2.43. The lowest BCUT2D eigenvalue weighted by Crippen LogP contribution is -2.22. The molecule has 1 heterocycles. The largest absolute Gasteiger partial charge is 0.329 e. The van der Waals surface area contributed by atoms with Crippen LogP contribution < -0.4 is 11.1 Å². The van der Waals surface area contributed by atoms with Crippen LogP contribution in [0, 0.1) is 0 Å². The third-order valence-electron chi connectivity index (χ3n) is 1.68. The number of nitrogens with zero attached hydrogens (tertiary/aromatic N) is 1. The number of nitrogens with one attached hydrogen (secondary N) is 1.